The Morgan fingerprint density at radius 1 is 1.25 bits per heavy atom. The van der Waals surface area contributed by atoms with Crippen molar-refractivity contribution < 1.29 is 0 Å². The summed E-state index contributed by atoms with van der Waals surface area (Å²) < 4.78 is 2.07. The van der Waals surface area contributed by atoms with Crippen LogP contribution in [-0.4, -0.2) is 51.7 Å². The summed E-state index contributed by atoms with van der Waals surface area (Å²) in [4.78, 5) is 2.52. The smallest absolute Gasteiger partial charge is 0.160 e. The Hall–Kier alpha value is -1.46. The molecule has 0 atom stereocenters. The fraction of sp³-hybridized carbons (Fsp3) is 0.600. The van der Waals surface area contributed by atoms with Crippen molar-refractivity contribution in [3.8, 4) is 0 Å². The molecule has 0 amide bonds. The van der Waals surface area contributed by atoms with Crippen molar-refractivity contribution >= 4 is 5.65 Å². The van der Waals surface area contributed by atoms with E-state index in [0.29, 0.717) is 6.04 Å². The van der Waals surface area contributed by atoms with Gasteiger partial charge in [0.1, 0.15) is 5.82 Å². The van der Waals surface area contributed by atoms with Crippen molar-refractivity contribution in [2.24, 2.45) is 0 Å². The van der Waals surface area contributed by atoms with Crippen molar-refractivity contribution in [1.29, 1.82) is 0 Å². The van der Waals surface area contributed by atoms with Crippen LogP contribution in [0, 0.1) is 0 Å². The molecule has 1 saturated heterocycles. The molecule has 3 rings (SSSR count). The Kier molecular flexibility index (Phi) is 4.28. The molecule has 1 N–H and O–H groups in total. The first-order valence-electron chi connectivity index (χ1n) is 7.61. The molecule has 108 valence electrons. The molecule has 5 heteroatoms. The van der Waals surface area contributed by atoms with Crippen LogP contribution in [-0.2, 0) is 6.42 Å². The number of pyridine rings is 1. The number of fused-ring (bicyclic) bond motifs is 1. The largest absolute Gasteiger partial charge is 0.313 e. The quantitative estimate of drug-likeness (QED) is 0.893. The summed E-state index contributed by atoms with van der Waals surface area (Å²) in [6.07, 6.45) is 5.48. The summed E-state index contributed by atoms with van der Waals surface area (Å²) in [5.74, 6) is 1.04. The monoisotopic (exact) mass is 273 g/mol. The Morgan fingerprint density at radius 2 is 2.10 bits per heavy atom. The van der Waals surface area contributed by atoms with Gasteiger partial charge >= 0.3 is 0 Å². The number of piperidine rings is 1. The van der Waals surface area contributed by atoms with Gasteiger partial charge in [0.2, 0.25) is 0 Å². The lowest BCUT2D eigenvalue weighted by molar-refractivity contribution is 0.207. The third kappa shape index (κ3) is 2.99. The van der Waals surface area contributed by atoms with Gasteiger partial charge in [-0.05, 0) is 44.6 Å². The summed E-state index contributed by atoms with van der Waals surface area (Å²) in [5, 5.41) is 12.1. The minimum atomic E-state index is 0.664. The third-order valence-electron chi connectivity index (χ3n) is 4.20. The van der Waals surface area contributed by atoms with Crippen LogP contribution in [0.2, 0.25) is 0 Å². The maximum Gasteiger partial charge on any atom is 0.160 e. The molecule has 20 heavy (non-hydrogen) atoms. The van der Waals surface area contributed by atoms with E-state index in [1.807, 2.05) is 24.4 Å². The molecule has 0 aliphatic carbocycles. The zero-order chi connectivity index (χ0) is 13.8. The van der Waals surface area contributed by atoms with Gasteiger partial charge in [-0.2, -0.15) is 0 Å². The summed E-state index contributed by atoms with van der Waals surface area (Å²) >= 11 is 0. The van der Waals surface area contributed by atoms with Crippen molar-refractivity contribution in [2.75, 3.05) is 26.2 Å². The van der Waals surface area contributed by atoms with E-state index in [-0.39, 0.29) is 0 Å². The summed E-state index contributed by atoms with van der Waals surface area (Å²) in [6.45, 7) is 6.85. The molecule has 0 radical (unpaired) electrons. The minimum Gasteiger partial charge on any atom is -0.313 e. The van der Waals surface area contributed by atoms with Crippen LogP contribution in [0.3, 0.4) is 0 Å². The molecule has 0 saturated carbocycles. The number of hydrogen-bond acceptors (Lipinski definition) is 4. The zero-order valence-electron chi connectivity index (χ0n) is 12.1. The second-order valence-electron chi connectivity index (χ2n) is 5.46. The molecule has 1 fully saturated rings. The summed E-state index contributed by atoms with van der Waals surface area (Å²) in [5.41, 5.74) is 0.929. The topological polar surface area (TPSA) is 45.5 Å². The van der Waals surface area contributed by atoms with E-state index in [1.165, 1.54) is 32.5 Å². The third-order valence-corrected chi connectivity index (χ3v) is 4.20. The van der Waals surface area contributed by atoms with E-state index < -0.39 is 0 Å². The molecule has 2 aromatic rings. The Morgan fingerprint density at radius 3 is 2.90 bits per heavy atom. The van der Waals surface area contributed by atoms with Crippen LogP contribution in [0.5, 0.6) is 0 Å². The van der Waals surface area contributed by atoms with Crippen LogP contribution >= 0.6 is 0 Å². The van der Waals surface area contributed by atoms with Gasteiger partial charge < -0.3 is 10.2 Å². The predicted molar refractivity (Wildman–Crippen MR) is 79.8 cm³/mol. The average Bonchev–Trinajstić information content (AvgIpc) is 2.92. The van der Waals surface area contributed by atoms with Gasteiger partial charge in [0.15, 0.2) is 5.65 Å². The molecule has 1 aliphatic rings. The van der Waals surface area contributed by atoms with Crippen molar-refractivity contribution in [3.05, 3.63) is 30.2 Å². The number of likely N-dealkylation sites (tertiary alicyclic amines) is 1. The Labute approximate surface area is 120 Å². The highest BCUT2D eigenvalue weighted by Gasteiger charge is 2.17. The van der Waals surface area contributed by atoms with Crippen LogP contribution in [0.1, 0.15) is 25.6 Å². The standard InChI is InChI=1S/C15H23N5/c1-2-19-11-7-13(8-12-19)16-9-6-15-18-17-14-5-3-4-10-20(14)15/h3-5,10,13,16H,2,6-9,11-12H2,1H3. The predicted octanol–water partition coefficient (Wildman–Crippen LogP) is 1.35. The fourth-order valence-corrected chi connectivity index (χ4v) is 2.90. The highest BCUT2D eigenvalue weighted by Crippen LogP contribution is 2.10. The van der Waals surface area contributed by atoms with Gasteiger partial charge in [-0.25, -0.2) is 0 Å². The second kappa shape index (κ2) is 6.33. The highest BCUT2D eigenvalue weighted by atomic mass is 15.2. The van der Waals surface area contributed by atoms with E-state index in [1.54, 1.807) is 0 Å². The zero-order valence-corrected chi connectivity index (χ0v) is 12.1. The number of aromatic nitrogens is 3. The summed E-state index contributed by atoms with van der Waals surface area (Å²) in [7, 11) is 0. The van der Waals surface area contributed by atoms with Gasteiger partial charge in [-0.15, -0.1) is 10.2 Å². The van der Waals surface area contributed by atoms with E-state index >= 15 is 0 Å². The lowest BCUT2D eigenvalue weighted by Crippen LogP contribution is -2.42. The summed E-state index contributed by atoms with van der Waals surface area (Å²) in [6, 6.07) is 6.67. The van der Waals surface area contributed by atoms with Crippen LogP contribution in [0.25, 0.3) is 5.65 Å². The first kappa shape index (κ1) is 13.5. The van der Waals surface area contributed by atoms with E-state index in [4.69, 9.17) is 0 Å². The maximum absolute atomic E-state index is 4.27. The first-order valence-corrected chi connectivity index (χ1v) is 7.61. The maximum atomic E-state index is 4.27. The Balaban J connectivity index is 1.48. The molecule has 5 nitrogen and oxygen atoms in total. The van der Waals surface area contributed by atoms with Crippen molar-refractivity contribution in [3.63, 3.8) is 0 Å². The molecule has 2 aromatic heterocycles. The van der Waals surface area contributed by atoms with Gasteiger partial charge in [0.25, 0.3) is 0 Å². The van der Waals surface area contributed by atoms with Crippen LogP contribution < -0.4 is 5.32 Å². The van der Waals surface area contributed by atoms with Crippen molar-refractivity contribution in [2.45, 2.75) is 32.2 Å². The molecule has 3 heterocycles. The lowest BCUT2D eigenvalue weighted by atomic mass is 10.1. The Bertz CT molecular complexity index is 542. The van der Waals surface area contributed by atoms with Gasteiger partial charge in [0.05, 0.1) is 0 Å². The number of nitrogens with zero attached hydrogens (tertiary/aromatic N) is 4. The molecule has 0 bridgehead atoms. The molecule has 0 aromatic carbocycles. The highest BCUT2D eigenvalue weighted by molar-refractivity contribution is 5.36. The normalized spacial score (nSPS) is 17.9. The second-order valence-corrected chi connectivity index (χ2v) is 5.46. The molecular weight excluding hydrogens is 250 g/mol. The molecular formula is C15H23N5. The number of rotatable bonds is 5. The van der Waals surface area contributed by atoms with E-state index in [9.17, 15) is 0 Å². The van der Waals surface area contributed by atoms with Crippen molar-refractivity contribution in [1.82, 2.24) is 24.8 Å². The van der Waals surface area contributed by atoms with Gasteiger partial charge in [-0.1, -0.05) is 13.0 Å². The van der Waals surface area contributed by atoms with Crippen LogP contribution in [0.4, 0.5) is 0 Å². The number of nitrogens with one attached hydrogen (secondary N) is 1. The number of hydrogen-bond donors (Lipinski definition) is 1. The van der Waals surface area contributed by atoms with Crippen LogP contribution in [0.15, 0.2) is 24.4 Å². The average molecular weight is 273 g/mol. The molecule has 0 spiro atoms. The molecule has 1 aliphatic heterocycles. The molecule has 0 unspecified atom stereocenters. The first-order chi connectivity index (χ1) is 9.86. The fourth-order valence-electron chi connectivity index (χ4n) is 2.90. The lowest BCUT2D eigenvalue weighted by Gasteiger charge is -2.31. The van der Waals surface area contributed by atoms with Gasteiger partial charge in [0, 0.05) is 25.2 Å². The SMILES string of the molecule is CCN1CCC(NCCc2nnc3ccccn23)CC1. The van der Waals surface area contributed by atoms with E-state index in [0.717, 1.165) is 24.4 Å². The van der Waals surface area contributed by atoms with Gasteiger partial charge in [-0.3, -0.25) is 4.40 Å². The van der Waals surface area contributed by atoms with E-state index in [2.05, 4.69) is 31.7 Å². The minimum absolute atomic E-state index is 0.664.